The molecule has 2 aromatic carbocycles. The summed E-state index contributed by atoms with van der Waals surface area (Å²) in [5.41, 5.74) is 11.4. The Labute approximate surface area is 234 Å². The van der Waals surface area contributed by atoms with Crippen LogP contribution in [0.25, 0.3) is 32.4 Å². The second kappa shape index (κ2) is 11.4. The number of nitrogens with two attached hydrogens (primary N) is 1. The summed E-state index contributed by atoms with van der Waals surface area (Å²) >= 11 is 1.52. The van der Waals surface area contributed by atoms with E-state index in [2.05, 4.69) is 29.7 Å². The lowest BCUT2D eigenvalue weighted by Crippen LogP contribution is -2.22. The molecule has 2 N–H and O–H groups in total. The number of primary amides is 1. The zero-order valence-corrected chi connectivity index (χ0v) is 24.2. The molecule has 0 aliphatic carbocycles. The second-order valence-corrected chi connectivity index (χ2v) is 17.3. The van der Waals surface area contributed by atoms with Crippen LogP contribution in [0.5, 0.6) is 0 Å². The Bertz CT molecular complexity index is 1660. The summed E-state index contributed by atoms with van der Waals surface area (Å²) in [7, 11) is -1.25. The summed E-state index contributed by atoms with van der Waals surface area (Å²) in [5.74, 6) is -1.47. The van der Waals surface area contributed by atoms with Crippen molar-refractivity contribution in [2.45, 2.75) is 44.9 Å². The van der Waals surface area contributed by atoms with Gasteiger partial charge in [-0.3, -0.25) is 0 Å². The number of ether oxygens (including phenoxy) is 2. The van der Waals surface area contributed by atoms with Gasteiger partial charge >= 0.3 is 6.09 Å². The third kappa shape index (κ3) is 6.52. The maximum Gasteiger partial charge on any atom is 0.405 e. The lowest BCUT2D eigenvalue weighted by molar-refractivity contribution is 0.0817. The van der Waals surface area contributed by atoms with Crippen LogP contribution in [0.3, 0.4) is 0 Å². The third-order valence-corrected chi connectivity index (χ3v) is 8.93. The van der Waals surface area contributed by atoms with Crippen LogP contribution in [0.4, 0.5) is 13.6 Å². The van der Waals surface area contributed by atoms with Gasteiger partial charge in [-0.2, -0.15) is 5.10 Å². The number of carbonyl (C=O) groups excluding carboxylic acids is 1. The van der Waals surface area contributed by atoms with E-state index in [1.54, 1.807) is 16.4 Å². The minimum atomic E-state index is -1.25. The lowest BCUT2D eigenvalue weighted by atomic mass is 9.96. The van der Waals surface area contributed by atoms with E-state index in [0.29, 0.717) is 23.4 Å². The van der Waals surface area contributed by atoms with Gasteiger partial charge in [-0.1, -0.05) is 25.7 Å². The predicted molar refractivity (Wildman–Crippen MR) is 154 cm³/mol. The van der Waals surface area contributed by atoms with Gasteiger partial charge in [0.1, 0.15) is 23.9 Å². The number of carbonyl (C=O) groups is 1. The molecular formula is C28H29F2N5O3SSi. The van der Waals surface area contributed by atoms with Gasteiger partial charge in [-0.15, -0.1) is 11.3 Å². The highest BCUT2D eigenvalue weighted by Gasteiger charge is 2.25. The first-order valence-electron chi connectivity index (χ1n) is 12.7. The normalized spacial score (nSPS) is 12.7. The van der Waals surface area contributed by atoms with Gasteiger partial charge < -0.3 is 15.2 Å². The number of halogens is 2. The van der Waals surface area contributed by atoms with E-state index in [-0.39, 0.29) is 18.7 Å². The molecule has 0 radical (unpaired) electrons. The molecule has 0 bridgehead atoms. The fourth-order valence-corrected chi connectivity index (χ4v) is 5.85. The molecule has 12 heteroatoms. The molecule has 1 unspecified atom stereocenters. The van der Waals surface area contributed by atoms with Crippen molar-refractivity contribution < 1.29 is 23.0 Å². The number of thiazole rings is 1. The average Bonchev–Trinajstić information content (AvgIpc) is 3.50. The molecule has 3 aromatic heterocycles. The maximum absolute atomic E-state index is 14.0. The summed E-state index contributed by atoms with van der Waals surface area (Å²) in [5, 5.41) is 4.47. The van der Waals surface area contributed by atoms with E-state index < -0.39 is 31.9 Å². The fraction of sp³-hybridized carbons (Fsp3) is 0.286. The zero-order valence-electron chi connectivity index (χ0n) is 22.4. The Balaban J connectivity index is 1.59. The van der Waals surface area contributed by atoms with E-state index in [1.807, 2.05) is 24.3 Å². The van der Waals surface area contributed by atoms with Crippen molar-refractivity contribution in [1.29, 1.82) is 0 Å². The van der Waals surface area contributed by atoms with Crippen LogP contribution in [0.2, 0.25) is 25.7 Å². The van der Waals surface area contributed by atoms with Crippen LogP contribution >= 0.6 is 11.3 Å². The predicted octanol–water partition coefficient (Wildman–Crippen LogP) is 6.68. The van der Waals surface area contributed by atoms with Gasteiger partial charge in [0.15, 0.2) is 6.10 Å². The Morgan fingerprint density at radius 3 is 2.60 bits per heavy atom. The van der Waals surface area contributed by atoms with Crippen LogP contribution in [0.15, 0.2) is 54.2 Å². The number of hydrogen-bond acceptors (Lipinski definition) is 7. The molecule has 0 saturated carbocycles. The monoisotopic (exact) mass is 581 g/mol. The first-order valence-corrected chi connectivity index (χ1v) is 17.3. The molecule has 8 nitrogen and oxygen atoms in total. The highest BCUT2D eigenvalue weighted by Crippen LogP contribution is 2.35. The number of rotatable bonds is 10. The molecule has 0 aliphatic rings. The number of hydrogen-bond donors (Lipinski definition) is 1. The minimum absolute atomic E-state index is 0.0456. The molecule has 5 aromatic rings. The van der Waals surface area contributed by atoms with E-state index in [1.165, 1.54) is 23.5 Å². The van der Waals surface area contributed by atoms with E-state index >= 15 is 0 Å². The number of benzene rings is 2. The minimum Gasteiger partial charge on any atom is -0.439 e. The van der Waals surface area contributed by atoms with Gasteiger partial charge in [0, 0.05) is 32.7 Å². The molecule has 1 amide bonds. The molecule has 40 heavy (non-hydrogen) atoms. The second-order valence-electron chi connectivity index (χ2n) is 10.8. The van der Waals surface area contributed by atoms with Gasteiger partial charge in [0.05, 0.1) is 33.1 Å². The first kappa shape index (κ1) is 27.8. The topological polar surface area (TPSA) is 105 Å². The molecule has 1 atom stereocenters. The van der Waals surface area contributed by atoms with Gasteiger partial charge in [-0.05, 0) is 47.5 Å². The van der Waals surface area contributed by atoms with Crippen molar-refractivity contribution in [3.8, 4) is 11.1 Å². The molecule has 0 saturated heterocycles. The summed E-state index contributed by atoms with van der Waals surface area (Å²) in [6, 6.07) is 11.9. The van der Waals surface area contributed by atoms with Crippen LogP contribution in [0.1, 0.15) is 17.4 Å². The van der Waals surface area contributed by atoms with Crippen LogP contribution in [-0.2, 0) is 22.6 Å². The molecule has 5 rings (SSSR count). The van der Waals surface area contributed by atoms with E-state index in [0.717, 1.165) is 33.4 Å². The highest BCUT2D eigenvalue weighted by molar-refractivity contribution is 7.16. The standard InChI is InChI=1S/C28H29F2N5O3SSi/c1-40(2,3)7-6-37-16-35-24-13-21(18-4-5-26-22(11-18)32-15-39-26)27(34-23(24)14-33-35)25(38-28(31)36)10-17-8-19(29)12-20(30)9-17/h4-5,8-9,11-15,25H,6-7,10,16H2,1-3H3,(H2,31,36). The first-order chi connectivity index (χ1) is 19.1. The Hall–Kier alpha value is -3.74. The quantitative estimate of drug-likeness (QED) is 0.146. The third-order valence-electron chi connectivity index (χ3n) is 6.42. The largest absolute Gasteiger partial charge is 0.439 e. The zero-order chi connectivity index (χ0) is 28.4. The number of aromatic nitrogens is 4. The number of amides is 1. The number of pyridine rings is 1. The summed E-state index contributed by atoms with van der Waals surface area (Å²) in [6.45, 7) is 7.76. The molecule has 0 spiro atoms. The van der Waals surface area contributed by atoms with Gasteiger partial charge in [0.2, 0.25) is 0 Å². The molecule has 0 aliphatic heterocycles. The van der Waals surface area contributed by atoms with Crippen LogP contribution < -0.4 is 5.73 Å². The lowest BCUT2D eigenvalue weighted by Gasteiger charge is -2.20. The Morgan fingerprint density at radius 2 is 1.88 bits per heavy atom. The maximum atomic E-state index is 14.0. The summed E-state index contributed by atoms with van der Waals surface area (Å²) in [6.07, 6.45) is -0.496. The van der Waals surface area contributed by atoms with Crippen molar-refractivity contribution >= 4 is 46.8 Å². The Kier molecular flexibility index (Phi) is 7.92. The van der Waals surface area contributed by atoms with Crippen molar-refractivity contribution in [2.75, 3.05) is 6.61 Å². The van der Waals surface area contributed by atoms with Crippen molar-refractivity contribution in [1.82, 2.24) is 19.7 Å². The van der Waals surface area contributed by atoms with E-state index in [4.69, 9.17) is 20.2 Å². The highest BCUT2D eigenvalue weighted by atomic mass is 32.1. The average molecular weight is 582 g/mol. The molecular weight excluding hydrogens is 552 g/mol. The SMILES string of the molecule is C[Si](C)(C)CCOCn1ncc2nc(C(Cc3cc(F)cc(F)c3)OC(N)=O)c(-c3ccc4scnc4c3)cc21. The number of nitrogens with zero attached hydrogens (tertiary/aromatic N) is 4. The fourth-order valence-electron chi connectivity index (χ4n) is 4.43. The van der Waals surface area contributed by atoms with Crippen LogP contribution in [-0.4, -0.2) is 40.5 Å². The van der Waals surface area contributed by atoms with Crippen LogP contribution in [0, 0.1) is 11.6 Å². The van der Waals surface area contributed by atoms with Crippen molar-refractivity contribution in [3.63, 3.8) is 0 Å². The number of fused-ring (bicyclic) bond motifs is 2. The van der Waals surface area contributed by atoms with E-state index in [9.17, 15) is 13.6 Å². The van der Waals surface area contributed by atoms with Gasteiger partial charge in [0.25, 0.3) is 0 Å². The Morgan fingerprint density at radius 1 is 1.10 bits per heavy atom. The molecule has 0 fully saturated rings. The summed E-state index contributed by atoms with van der Waals surface area (Å²) in [4.78, 5) is 21.2. The van der Waals surface area contributed by atoms with Gasteiger partial charge in [-0.25, -0.2) is 28.2 Å². The summed E-state index contributed by atoms with van der Waals surface area (Å²) < 4.78 is 42.2. The molecule has 3 heterocycles. The molecule has 208 valence electrons. The smallest absolute Gasteiger partial charge is 0.405 e. The van der Waals surface area contributed by atoms with Crippen molar-refractivity contribution in [2.24, 2.45) is 5.73 Å². The van der Waals surface area contributed by atoms with Crippen molar-refractivity contribution in [3.05, 3.63) is 77.1 Å².